The fourth-order valence-corrected chi connectivity index (χ4v) is 3.73. The molecule has 0 spiro atoms. The highest BCUT2D eigenvalue weighted by Gasteiger charge is 2.34. The molecular formula is C19H19N3O3. The van der Waals surface area contributed by atoms with E-state index in [1.807, 2.05) is 26.0 Å². The Bertz CT molecular complexity index is 999. The van der Waals surface area contributed by atoms with Crippen molar-refractivity contribution in [3.8, 4) is 0 Å². The normalized spacial score (nSPS) is 17.4. The van der Waals surface area contributed by atoms with Crippen LogP contribution < -0.4 is 5.63 Å². The largest absolute Gasteiger partial charge is 0.422 e. The van der Waals surface area contributed by atoms with Crippen LogP contribution in [0.25, 0.3) is 11.0 Å². The number of benzene rings is 1. The van der Waals surface area contributed by atoms with Gasteiger partial charge in [0.25, 0.3) is 5.91 Å². The Morgan fingerprint density at radius 3 is 2.88 bits per heavy atom. The Morgan fingerprint density at radius 2 is 2.12 bits per heavy atom. The lowest BCUT2D eigenvalue weighted by molar-refractivity contribution is 0.0731. The third kappa shape index (κ3) is 2.54. The van der Waals surface area contributed by atoms with Crippen molar-refractivity contribution in [3.05, 3.63) is 63.3 Å². The van der Waals surface area contributed by atoms with Crippen molar-refractivity contribution >= 4 is 16.9 Å². The molecule has 1 N–H and O–H groups in total. The topological polar surface area (TPSA) is 79.2 Å². The molecule has 1 aromatic carbocycles. The maximum Gasteiger partial charge on any atom is 0.349 e. The number of hydrogen-bond donors (Lipinski definition) is 1. The van der Waals surface area contributed by atoms with Gasteiger partial charge in [-0.25, -0.2) is 4.79 Å². The predicted octanol–water partition coefficient (Wildman–Crippen LogP) is 3.11. The SMILES string of the molecule is Cc1n[nH]c(C)c1C1CCCN1C(=O)c1cc2ccccc2oc1=O. The summed E-state index contributed by atoms with van der Waals surface area (Å²) in [4.78, 5) is 27.2. The third-order valence-corrected chi connectivity index (χ3v) is 4.90. The van der Waals surface area contributed by atoms with Crippen molar-refractivity contribution in [2.45, 2.75) is 32.7 Å². The second kappa shape index (κ2) is 5.88. The van der Waals surface area contributed by atoms with Crippen LogP contribution in [0.4, 0.5) is 0 Å². The number of aryl methyl sites for hydroxylation is 2. The molecule has 0 saturated carbocycles. The minimum Gasteiger partial charge on any atom is -0.422 e. The van der Waals surface area contributed by atoms with Crippen LogP contribution in [0.15, 0.2) is 39.5 Å². The predicted molar refractivity (Wildman–Crippen MR) is 93.6 cm³/mol. The molecule has 1 amide bonds. The van der Waals surface area contributed by atoms with E-state index in [1.165, 1.54) is 0 Å². The number of fused-ring (bicyclic) bond motifs is 1. The molecule has 3 aromatic rings. The second-order valence-electron chi connectivity index (χ2n) is 6.49. The van der Waals surface area contributed by atoms with Gasteiger partial charge in [-0.1, -0.05) is 18.2 Å². The van der Waals surface area contributed by atoms with Crippen LogP contribution in [0.5, 0.6) is 0 Å². The number of aromatic nitrogens is 2. The molecule has 4 rings (SSSR count). The lowest BCUT2D eigenvalue weighted by Gasteiger charge is -2.25. The van der Waals surface area contributed by atoms with Crippen LogP contribution in [0.1, 0.15) is 46.2 Å². The molecule has 2 aromatic heterocycles. The fraction of sp³-hybridized carbons (Fsp3) is 0.316. The summed E-state index contributed by atoms with van der Waals surface area (Å²) in [6.07, 6.45) is 1.77. The molecule has 0 bridgehead atoms. The van der Waals surface area contributed by atoms with Crippen LogP contribution >= 0.6 is 0 Å². The molecule has 128 valence electrons. The third-order valence-electron chi connectivity index (χ3n) is 4.90. The van der Waals surface area contributed by atoms with Crippen LogP contribution in [0, 0.1) is 13.8 Å². The van der Waals surface area contributed by atoms with E-state index in [0.717, 1.165) is 35.2 Å². The quantitative estimate of drug-likeness (QED) is 0.729. The van der Waals surface area contributed by atoms with Gasteiger partial charge < -0.3 is 9.32 Å². The van der Waals surface area contributed by atoms with Gasteiger partial charge in [0.15, 0.2) is 0 Å². The molecule has 1 aliphatic heterocycles. The molecule has 1 atom stereocenters. The van der Waals surface area contributed by atoms with Gasteiger partial charge in [0, 0.05) is 23.2 Å². The van der Waals surface area contributed by atoms with Crippen LogP contribution in [0.3, 0.4) is 0 Å². The molecule has 1 unspecified atom stereocenters. The van der Waals surface area contributed by atoms with Gasteiger partial charge in [-0.15, -0.1) is 0 Å². The zero-order valence-corrected chi connectivity index (χ0v) is 14.2. The number of carbonyl (C=O) groups is 1. The molecule has 1 aliphatic rings. The van der Waals surface area contributed by atoms with Crippen LogP contribution in [-0.2, 0) is 0 Å². The van der Waals surface area contributed by atoms with Gasteiger partial charge >= 0.3 is 5.63 Å². The van der Waals surface area contributed by atoms with E-state index in [2.05, 4.69) is 10.2 Å². The van der Waals surface area contributed by atoms with Crippen molar-refractivity contribution in [3.63, 3.8) is 0 Å². The highest BCUT2D eigenvalue weighted by Crippen LogP contribution is 2.35. The smallest absolute Gasteiger partial charge is 0.349 e. The molecule has 1 saturated heterocycles. The maximum atomic E-state index is 13.1. The number of carbonyl (C=O) groups excluding carboxylic acids is 1. The van der Waals surface area contributed by atoms with E-state index in [1.54, 1.807) is 23.1 Å². The molecule has 1 fully saturated rings. The van der Waals surface area contributed by atoms with Crippen molar-refractivity contribution in [2.75, 3.05) is 6.54 Å². The van der Waals surface area contributed by atoms with Gasteiger partial charge in [0.05, 0.1) is 11.7 Å². The molecule has 0 aliphatic carbocycles. The highest BCUT2D eigenvalue weighted by atomic mass is 16.4. The summed E-state index contributed by atoms with van der Waals surface area (Å²) in [5, 5.41) is 7.97. The zero-order valence-electron chi connectivity index (χ0n) is 14.2. The lowest BCUT2D eigenvalue weighted by atomic mass is 10.0. The number of H-pyrrole nitrogens is 1. The number of hydrogen-bond acceptors (Lipinski definition) is 4. The van der Waals surface area contributed by atoms with E-state index in [-0.39, 0.29) is 17.5 Å². The number of rotatable bonds is 2. The Hall–Kier alpha value is -2.89. The maximum absolute atomic E-state index is 13.1. The molecular weight excluding hydrogens is 318 g/mol. The monoisotopic (exact) mass is 337 g/mol. The van der Waals surface area contributed by atoms with Crippen molar-refractivity contribution in [2.24, 2.45) is 0 Å². The van der Waals surface area contributed by atoms with Crippen LogP contribution in [-0.4, -0.2) is 27.5 Å². The summed E-state index contributed by atoms with van der Waals surface area (Å²) >= 11 is 0. The zero-order chi connectivity index (χ0) is 17.6. The Morgan fingerprint density at radius 1 is 1.32 bits per heavy atom. The van der Waals surface area contributed by atoms with Gasteiger partial charge in [0.1, 0.15) is 11.1 Å². The van der Waals surface area contributed by atoms with Gasteiger partial charge in [0.2, 0.25) is 0 Å². The van der Waals surface area contributed by atoms with Gasteiger partial charge in [-0.3, -0.25) is 9.89 Å². The summed E-state index contributed by atoms with van der Waals surface area (Å²) in [7, 11) is 0. The average molecular weight is 337 g/mol. The number of para-hydroxylation sites is 1. The molecule has 3 heterocycles. The van der Waals surface area contributed by atoms with Crippen molar-refractivity contribution in [1.82, 2.24) is 15.1 Å². The molecule has 25 heavy (non-hydrogen) atoms. The lowest BCUT2D eigenvalue weighted by Crippen LogP contribution is -2.34. The Kier molecular flexibility index (Phi) is 3.67. The number of nitrogens with one attached hydrogen (secondary N) is 1. The Labute approximate surface area is 144 Å². The first-order valence-corrected chi connectivity index (χ1v) is 8.41. The standard InChI is InChI=1S/C19H19N3O3/c1-11-17(12(2)21-20-11)15-7-5-9-22(15)18(23)14-10-13-6-3-4-8-16(13)25-19(14)24/h3-4,6,8,10,15H,5,7,9H2,1-2H3,(H,20,21). The Balaban J connectivity index is 1.75. The van der Waals surface area contributed by atoms with E-state index < -0.39 is 5.63 Å². The minimum absolute atomic E-state index is 0.0582. The van der Waals surface area contributed by atoms with Crippen LogP contribution in [0.2, 0.25) is 0 Å². The summed E-state index contributed by atoms with van der Waals surface area (Å²) in [5.41, 5.74) is 2.90. The molecule has 6 heteroatoms. The number of nitrogens with zero attached hydrogens (tertiary/aromatic N) is 2. The van der Waals surface area contributed by atoms with E-state index in [0.29, 0.717) is 12.1 Å². The van der Waals surface area contributed by atoms with Crippen molar-refractivity contribution < 1.29 is 9.21 Å². The molecule has 6 nitrogen and oxygen atoms in total. The van der Waals surface area contributed by atoms with Crippen molar-refractivity contribution in [1.29, 1.82) is 0 Å². The first-order valence-electron chi connectivity index (χ1n) is 8.41. The van der Waals surface area contributed by atoms with E-state index in [4.69, 9.17) is 4.42 Å². The highest BCUT2D eigenvalue weighted by molar-refractivity contribution is 5.97. The summed E-state index contributed by atoms with van der Waals surface area (Å²) in [6, 6.07) is 8.79. The average Bonchev–Trinajstić information content (AvgIpc) is 3.20. The van der Waals surface area contributed by atoms with E-state index in [9.17, 15) is 9.59 Å². The van der Waals surface area contributed by atoms with Gasteiger partial charge in [-0.2, -0.15) is 5.10 Å². The summed E-state index contributed by atoms with van der Waals surface area (Å²) in [6.45, 7) is 4.52. The minimum atomic E-state index is -0.588. The summed E-state index contributed by atoms with van der Waals surface area (Å²) in [5.74, 6) is -0.276. The number of aromatic amines is 1. The fourth-order valence-electron chi connectivity index (χ4n) is 3.73. The first-order chi connectivity index (χ1) is 12.1. The second-order valence-corrected chi connectivity index (χ2v) is 6.49. The summed E-state index contributed by atoms with van der Waals surface area (Å²) < 4.78 is 5.33. The van der Waals surface area contributed by atoms with Gasteiger partial charge in [-0.05, 0) is 38.8 Å². The first kappa shape index (κ1) is 15.6. The number of amides is 1. The number of likely N-dealkylation sites (tertiary alicyclic amines) is 1. The molecule has 0 radical (unpaired) electrons. The van der Waals surface area contributed by atoms with E-state index >= 15 is 0 Å².